The van der Waals surface area contributed by atoms with Gasteiger partial charge in [-0.3, -0.25) is 4.79 Å². The summed E-state index contributed by atoms with van der Waals surface area (Å²) in [6.07, 6.45) is -4.95. The Morgan fingerprint density at radius 1 is 1.12 bits per heavy atom. The van der Waals surface area contributed by atoms with Crippen LogP contribution in [0.5, 0.6) is 5.75 Å². The van der Waals surface area contributed by atoms with E-state index in [1.165, 1.54) is 6.07 Å². The Bertz CT molecular complexity index is 794. The molecule has 0 unspecified atom stereocenters. The third kappa shape index (κ3) is 4.70. The predicted octanol–water partition coefficient (Wildman–Crippen LogP) is 5.87. The van der Waals surface area contributed by atoms with Crippen LogP contribution < -0.4 is 10.1 Å². The minimum atomic E-state index is -4.95. The first-order valence-corrected chi connectivity index (χ1v) is 7.97. The van der Waals surface area contributed by atoms with Gasteiger partial charge < -0.3 is 10.1 Å². The van der Waals surface area contributed by atoms with Gasteiger partial charge in [-0.15, -0.1) is 13.2 Å². The van der Waals surface area contributed by atoms with Crippen LogP contribution in [0.15, 0.2) is 39.3 Å². The number of amides is 1. The Labute approximate surface area is 151 Å². The molecule has 24 heavy (non-hydrogen) atoms. The summed E-state index contributed by atoms with van der Waals surface area (Å²) in [6.45, 7) is 1.12. The summed E-state index contributed by atoms with van der Waals surface area (Å²) in [6, 6.07) is 6.50. The number of carbonyl (C=O) groups is 1. The van der Waals surface area contributed by atoms with Crippen molar-refractivity contribution in [2.75, 3.05) is 5.32 Å². The van der Waals surface area contributed by atoms with E-state index < -0.39 is 29.5 Å². The van der Waals surface area contributed by atoms with E-state index >= 15 is 0 Å². The first kappa shape index (κ1) is 18.7. The summed E-state index contributed by atoms with van der Waals surface area (Å²) in [4.78, 5) is 11.2. The lowest BCUT2D eigenvalue weighted by atomic mass is 10.0. The summed E-state index contributed by atoms with van der Waals surface area (Å²) in [5, 5.41) is 2.16. The molecule has 0 radical (unpaired) electrons. The third-order valence-corrected chi connectivity index (χ3v) is 3.99. The van der Waals surface area contributed by atoms with E-state index in [1.807, 2.05) is 0 Å². The van der Waals surface area contributed by atoms with Crippen molar-refractivity contribution in [3.8, 4) is 16.9 Å². The standard InChI is InChI=1S/C15H9Br2F4NO2/c1-7(23)22-13-6-9(24-15(19,20)21)5-11(14(13)18)10-4-8(16)2-3-12(10)17/h2-6H,1H3,(H,22,23). The first-order valence-electron chi connectivity index (χ1n) is 6.39. The number of halogens is 6. The van der Waals surface area contributed by atoms with Crippen molar-refractivity contribution < 1.29 is 27.1 Å². The smallest absolute Gasteiger partial charge is 0.406 e. The van der Waals surface area contributed by atoms with Gasteiger partial charge in [0.05, 0.1) is 5.69 Å². The maximum Gasteiger partial charge on any atom is 0.573 e. The van der Waals surface area contributed by atoms with Crippen LogP contribution in [0.4, 0.5) is 23.2 Å². The zero-order valence-corrected chi connectivity index (χ0v) is 15.1. The molecule has 2 rings (SSSR count). The lowest BCUT2D eigenvalue weighted by Crippen LogP contribution is -2.18. The normalized spacial score (nSPS) is 11.3. The molecule has 0 spiro atoms. The number of anilines is 1. The van der Waals surface area contributed by atoms with E-state index in [9.17, 15) is 22.4 Å². The minimum absolute atomic E-state index is 0.159. The highest BCUT2D eigenvalue weighted by Crippen LogP contribution is 2.39. The van der Waals surface area contributed by atoms with Crippen LogP contribution in [-0.2, 0) is 4.79 Å². The van der Waals surface area contributed by atoms with Crippen LogP contribution in [-0.4, -0.2) is 12.3 Å². The number of rotatable bonds is 3. The second kappa shape index (κ2) is 7.10. The Kier molecular flexibility index (Phi) is 5.54. The number of hydrogen-bond donors (Lipinski definition) is 1. The van der Waals surface area contributed by atoms with E-state index in [0.29, 0.717) is 14.5 Å². The van der Waals surface area contributed by atoms with E-state index in [0.717, 1.165) is 19.1 Å². The molecule has 2 aromatic rings. The van der Waals surface area contributed by atoms with Crippen LogP contribution in [0, 0.1) is 5.82 Å². The molecule has 0 aliphatic rings. The highest BCUT2D eigenvalue weighted by Gasteiger charge is 2.32. The molecule has 1 N–H and O–H groups in total. The third-order valence-electron chi connectivity index (χ3n) is 2.81. The van der Waals surface area contributed by atoms with Gasteiger partial charge in [-0.25, -0.2) is 4.39 Å². The summed E-state index contributed by atoms with van der Waals surface area (Å²) in [5.41, 5.74) is -0.277. The van der Waals surface area contributed by atoms with Crippen LogP contribution in [0.1, 0.15) is 6.92 Å². The monoisotopic (exact) mass is 469 g/mol. The quantitative estimate of drug-likeness (QED) is 0.569. The second-order valence-corrected chi connectivity index (χ2v) is 6.46. The molecular formula is C15H9Br2F4NO2. The number of nitrogens with one attached hydrogen (secondary N) is 1. The summed E-state index contributed by atoms with van der Waals surface area (Å²) >= 11 is 6.44. The largest absolute Gasteiger partial charge is 0.573 e. The molecule has 0 fully saturated rings. The number of hydrogen-bond acceptors (Lipinski definition) is 2. The number of alkyl halides is 3. The average Bonchev–Trinajstić information content (AvgIpc) is 2.43. The highest BCUT2D eigenvalue weighted by molar-refractivity contribution is 9.11. The maximum atomic E-state index is 14.7. The zero-order valence-electron chi connectivity index (χ0n) is 12.0. The van der Waals surface area contributed by atoms with Gasteiger partial charge in [0.15, 0.2) is 5.82 Å². The molecule has 0 heterocycles. The topological polar surface area (TPSA) is 38.3 Å². The molecule has 0 saturated carbocycles. The average molecular weight is 471 g/mol. The molecule has 0 atom stereocenters. The molecule has 128 valence electrons. The van der Waals surface area contributed by atoms with Gasteiger partial charge in [0.1, 0.15) is 5.75 Å². The molecule has 0 saturated heterocycles. The van der Waals surface area contributed by atoms with Crippen molar-refractivity contribution in [1.29, 1.82) is 0 Å². The SMILES string of the molecule is CC(=O)Nc1cc(OC(F)(F)F)cc(-c2cc(Br)ccc2Br)c1F. The Balaban J connectivity index is 2.66. The minimum Gasteiger partial charge on any atom is -0.406 e. The highest BCUT2D eigenvalue weighted by atomic mass is 79.9. The first-order chi connectivity index (χ1) is 11.1. The Morgan fingerprint density at radius 2 is 1.79 bits per heavy atom. The lowest BCUT2D eigenvalue weighted by Gasteiger charge is -2.15. The van der Waals surface area contributed by atoms with Crippen LogP contribution in [0.2, 0.25) is 0 Å². The zero-order chi connectivity index (χ0) is 18.1. The molecule has 2 aromatic carbocycles. The molecule has 9 heteroatoms. The van der Waals surface area contributed by atoms with Gasteiger partial charge in [-0.2, -0.15) is 0 Å². The molecule has 0 aromatic heterocycles. The van der Waals surface area contributed by atoms with E-state index in [-0.39, 0.29) is 5.56 Å². The van der Waals surface area contributed by atoms with Crippen LogP contribution >= 0.6 is 31.9 Å². The molecular weight excluding hydrogens is 462 g/mol. The van der Waals surface area contributed by atoms with Crippen LogP contribution in [0.25, 0.3) is 11.1 Å². The van der Waals surface area contributed by atoms with Gasteiger partial charge in [-0.05, 0) is 24.3 Å². The Hall–Kier alpha value is -1.61. The maximum absolute atomic E-state index is 14.7. The van der Waals surface area contributed by atoms with Crippen molar-refractivity contribution in [3.63, 3.8) is 0 Å². The molecule has 0 aliphatic carbocycles. The van der Waals surface area contributed by atoms with E-state index in [1.54, 1.807) is 12.1 Å². The van der Waals surface area contributed by atoms with Gasteiger partial charge in [0.2, 0.25) is 5.91 Å². The van der Waals surface area contributed by atoms with Gasteiger partial charge in [-0.1, -0.05) is 31.9 Å². The summed E-state index contributed by atoms with van der Waals surface area (Å²) in [5.74, 6) is -2.15. The second-order valence-electron chi connectivity index (χ2n) is 4.69. The van der Waals surface area contributed by atoms with E-state index in [2.05, 4.69) is 41.9 Å². The van der Waals surface area contributed by atoms with Crippen molar-refractivity contribution in [3.05, 3.63) is 45.1 Å². The molecule has 1 amide bonds. The molecule has 3 nitrogen and oxygen atoms in total. The lowest BCUT2D eigenvalue weighted by molar-refractivity contribution is -0.274. The van der Waals surface area contributed by atoms with Crippen molar-refractivity contribution in [2.45, 2.75) is 13.3 Å². The molecule has 0 aliphatic heterocycles. The predicted molar refractivity (Wildman–Crippen MR) is 88.2 cm³/mol. The van der Waals surface area contributed by atoms with Gasteiger partial charge in [0.25, 0.3) is 0 Å². The fraction of sp³-hybridized carbons (Fsp3) is 0.133. The summed E-state index contributed by atoms with van der Waals surface area (Å²) in [7, 11) is 0. The van der Waals surface area contributed by atoms with E-state index in [4.69, 9.17) is 0 Å². The fourth-order valence-electron chi connectivity index (χ4n) is 1.97. The molecule has 0 bridgehead atoms. The number of carbonyl (C=O) groups excluding carboxylic acids is 1. The van der Waals surface area contributed by atoms with Crippen molar-refractivity contribution in [2.24, 2.45) is 0 Å². The van der Waals surface area contributed by atoms with Gasteiger partial charge >= 0.3 is 6.36 Å². The van der Waals surface area contributed by atoms with Gasteiger partial charge in [0, 0.05) is 33.1 Å². The number of benzene rings is 2. The Morgan fingerprint density at radius 3 is 2.38 bits per heavy atom. The summed E-state index contributed by atoms with van der Waals surface area (Å²) < 4.78 is 57.1. The van der Waals surface area contributed by atoms with Crippen LogP contribution in [0.3, 0.4) is 0 Å². The fourth-order valence-corrected chi connectivity index (χ4v) is 2.79. The number of ether oxygens (including phenoxy) is 1. The van der Waals surface area contributed by atoms with Crippen molar-refractivity contribution in [1.82, 2.24) is 0 Å². The van der Waals surface area contributed by atoms with Crippen molar-refractivity contribution >= 4 is 43.5 Å².